The highest BCUT2D eigenvalue weighted by Gasteiger charge is 2.55. The first kappa shape index (κ1) is 17.3. The van der Waals surface area contributed by atoms with Crippen LogP contribution in [0.2, 0.25) is 0 Å². The molecular formula is C21H24N2O3S. The zero-order chi connectivity index (χ0) is 18.6. The molecule has 1 spiro atoms. The van der Waals surface area contributed by atoms with Crippen molar-refractivity contribution in [2.45, 2.75) is 63.5 Å². The summed E-state index contributed by atoms with van der Waals surface area (Å²) < 4.78 is 0. The summed E-state index contributed by atoms with van der Waals surface area (Å²) in [4.78, 5) is 31.8. The lowest BCUT2D eigenvalue weighted by molar-refractivity contribution is -0.133. The van der Waals surface area contributed by atoms with Crippen molar-refractivity contribution >= 4 is 29.2 Å². The first-order chi connectivity index (χ1) is 13.1. The van der Waals surface area contributed by atoms with E-state index in [0.717, 1.165) is 42.4 Å². The van der Waals surface area contributed by atoms with E-state index in [-0.39, 0.29) is 17.2 Å². The third-order valence-corrected chi connectivity index (χ3v) is 7.67. The van der Waals surface area contributed by atoms with Crippen LogP contribution < -0.4 is 0 Å². The summed E-state index contributed by atoms with van der Waals surface area (Å²) in [5.41, 5.74) is 4.64. The number of nitrogens with zero attached hydrogens (tertiary/aromatic N) is 2. The number of aliphatic carboxylic acids is 1. The zero-order valence-corrected chi connectivity index (χ0v) is 16.2. The minimum atomic E-state index is -0.905. The Bertz CT molecular complexity index is 853. The van der Waals surface area contributed by atoms with Crippen LogP contribution in [0.3, 0.4) is 0 Å². The molecule has 1 saturated carbocycles. The van der Waals surface area contributed by atoms with Gasteiger partial charge < -0.3 is 10.0 Å². The van der Waals surface area contributed by atoms with E-state index in [1.807, 2.05) is 6.08 Å². The summed E-state index contributed by atoms with van der Waals surface area (Å²) in [6.07, 6.45) is 14.2. The van der Waals surface area contributed by atoms with Gasteiger partial charge in [0.05, 0.1) is 22.1 Å². The number of allylic oxidation sites excluding steroid dienone is 5. The van der Waals surface area contributed by atoms with Crippen LogP contribution in [0.5, 0.6) is 0 Å². The Balaban J connectivity index is 1.58. The van der Waals surface area contributed by atoms with Crippen molar-refractivity contribution in [2.75, 3.05) is 5.75 Å². The highest BCUT2D eigenvalue weighted by molar-refractivity contribution is 8.04. The monoisotopic (exact) mass is 384 g/mol. The van der Waals surface area contributed by atoms with Gasteiger partial charge in [0.2, 0.25) is 0 Å². The molecule has 6 heteroatoms. The number of fused-ring (bicyclic) bond motifs is 3. The van der Waals surface area contributed by atoms with Crippen LogP contribution in [-0.2, 0) is 9.59 Å². The van der Waals surface area contributed by atoms with Gasteiger partial charge in [-0.2, -0.15) is 0 Å². The van der Waals surface area contributed by atoms with Gasteiger partial charge in [-0.3, -0.25) is 14.6 Å². The molecule has 142 valence electrons. The van der Waals surface area contributed by atoms with Gasteiger partial charge in [0, 0.05) is 17.7 Å². The van der Waals surface area contributed by atoms with Gasteiger partial charge >= 0.3 is 5.97 Å². The lowest BCUT2D eigenvalue weighted by atomic mass is 9.70. The Morgan fingerprint density at radius 3 is 2.96 bits per heavy atom. The molecule has 5 nitrogen and oxygen atoms in total. The Kier molecular flexibility index (Phi) is 4.08. The molecular weight excluding hydrogens is 360 g/mol. The molecule has 0 radical (unpaired) electrons. The Morgan fingerprint density at radius 1 is 1.26 bits per heavy atom. The number of hydrogen-bond acceptors (Lipinski definition) is 5. The van der Waals surface area contributed by atoms with E-state index in [1.54, 1.807) is 11.6 Å². The average molecular weight is 385 g/mol. The molecule has 0 aromatic rings. The van der Waals surface area contributed by atoms with E-state index in [4.69, 9.17) is 10.1 Å². The maximum absolute atomic E-state index is 12.7. The number of carbonyl (C=O) groups excluding carboxylic acids is 1. The molecule has 1 N–H and O–H groups in total. The van der Waals surface area contributed by atoms with Crippen LogP contribution in [0.4, 0.5) is 0 Å². The molecule has 0 saturated heterocycles. The fourth-order valence-electron chi connectivity index (χ4n) is 5.56. The molecule has 0 amide bonds. The van der Waals surface area contributed by atoms with E-state index < -0.39 is 5.97 Å². The van der Waals surface area contributed by atoms with Gasteiger partial charge in [0.1, 0.15) is 5.66 Å². The standard InChI is InChI=1S/C21H24N2O3S/c24-18-11-17-15(10-19(18)27-12-20(25)26)22-21-8-4-3-6-14(21)9-13-5-1-2-7-16(13)23(17)21/h10-11,14H,1-9,12H2,(H,25,26). The van der Waals surface area contributed by atoms with E-state index in [0.29, 0.717) is 10.8 Å². The number of aliphatic imine (C=N–C) groups is 1. The number of rotatable bonds is 3. The van der Waals surface area contributed by atoms with Crippen molar-refractivity contribution in [1.82, 2.24) is 4.90 Å². The molecule has 2 aliphatic heterocycles. The molecule has 5 rings (SSSR count). The topological polar surface area (TPSA) is 70.0 Å². The fourth-order valence-corrected chi connectivity index (χ4v) is 6.24. The second-order valence-corrected chi connectivity index (χ2v) is 9.22. The van der Waals surface area contributed by atoms with Crippen LogP contribution in [0.15, 0.2) is 39.0 Å². The third kappa shape index (κ3) is 2.64. The highest BCUT2D eigenvalue weighted by Crippen LogP contribution is 2.56. The lowest BCUT2D eigenvalue weighted by Crippen LogP contribution is -2.53. The van der Waals surface area contributed by atoms with E-state index >= 15 is 0 Å². The molecule has 3 aliphatic carbocycles. The fraction of sp³-hybridized carbons (Fsp3) is 0.571. The van der Waals surface area contributed by atoms with Gasteiger partial charge in [-0.25, -0.2) is 0 Å². The molecule has 5 aliphatic rings. The number of ketones is 1. The van der Waals surface area contributed by atoms with Crippen molar-refractivity contribution in [1.29, 1.82) is 0 Å². The van der Waals surface area contributed by atoms with Crippen LogP contribution >= 0.6 is 11.8 Å². The van der Waals surface area contributed by atoms with E-state index in [1.165, 1.54) is 44.2 Å². The largest absolute Gasteiger partial charge is 0.481 e. The molecule has 2 heterocycles. The first-order valence-electron chi connectivity index (χ1n) is 10.0. The minimum absolute atomic E-state index is 0.0804. The predicted molar refractivity (Wildman–Crippen MR) is 105 cm³/mol. The van der Waals surface area contributed by atoms with Crippen LogP contribution in [0.25, 0.3) is 0 Å². The van der Waals surface area contributed by atoms with Gasteiger partial charge in [-0.05, 0) is 57.4 Å². The number of carbonyl (C=O) groups is 2. The summed E-state index contributed by atoms with van der Waals surface area (Å²) >= 11 is 1.10. The smallest absolute Gasteiger partial charge is 0.313 e. The maximum Gasteiger partial charge on any atom is 0.313 e. The summed E-state index contributed by atoms with van der Waals surface area (Å²) in [6.45, 7) is 0. The Labute approximate surface area is 163 Å². The Hall–Kier alpha value is -1.82. The van der Waals surface area contributed by atoms with E-state index in [9.17, 15) is 9.59 Å². The first-order valence-corrected chi connectivity index (χ1v) is 11.0. The molecule has 0 bridgehead atoms. The Morgan fingerprint density at radius 2 is 2.11 bits per heavy atom. The maximum atomic E-state index is 12.7. The second-order valence-electron chi connectivity index (χ2n) is 8.20. The van der Waals surface area contributed by atoms with Gasteiger partial charge in [0.25, 0.3) is 0 Å². The highest BCUT2D eigenvalue weighted by atomic mass is 32.2. The van der Waals surface area contributed by atoms with Gasteiger partial charge in [-0.15, -0.1) is 11.8 Å². The number of hydrogen-bond donors (Lipinski definition) is 1. The van der Waals surface area contributed by atoms with Crippen molar-refractivity contribution < 1.29 is 14.7 Å². The molecule has 0 aromatic carbocycles. The summed E-state index contributed by atoms with van der Waals surface area (Å²) in [7, 11) is 0. The predicted octanol–water partition coefficient (Wildman–Crippen LogP) is 4.03. The van der Waals surface area contributed by atoms with Crippen molar-refractivity contribution in [2.24, 2.45) is 10.9 Å². The summed E-state index contributed by atoms with van der Waals surface area (Å²) in [5, 5.41) is 8.95. The van der Waals surface area contributed by atoms with Crippen molar-refractivity contribution in [3.63, 3.8) is 0 Å². The lowest BCUT2D eigenvalue weighted by Gasteiger charge is -2.52. The summed E-state index contributed by atoms with van der Waals surface area (Å²) in [5.74, 6) is -0.554. The third-order valence-electron chi connectivity index (χ3n) is 6.65. The van der Waals surface area contributed by atoms with E-state index in [2.05, 4.69) is 4.90 Å². The van der Waals surface area contributed by atoms with Crippen LogP contribution in [0, 0.1) is 5.92 Å². The SMILES string of the molecule is O=C(O)CSC1=CC2=NC34CCCCC3CC3=C(CCCC3)N4C2=CC1=O. The molecule has 2 atom stereocenters. The quantitative estimate of drug-likeness (QED) is 0.744. The van der Waals surface area contributed by atoms with Crippen LogP contribution in [0.1, 0.15) is 57.8 Å². The van der Waals surface area contributed by atoms with Crippen molar-refractivity contribution in [3.8, 4) is 0 Å². The minimum Gasteiger partial charge on any atom is -0.481 e. The number of thioether (sulfide) groups is 1. The van der Waals surface area contributed by atoms with Gasteiger partial charge in [0.15, 0.2) is 5.78 Å². The molecule has 1 fully saturated rings. The molecule has 2 unspecified atom stereocenters. The second kappa shape index (κ2) is 6.36. The van der Waals surface area contributed by atoms with Crippen molar-refractivity contribution in [3.05, 3.63) is 34.0 Å². The zero-order valence-electron chi connectivity index (χ0n) is 15.4. The molecule has 0 aromatic heterocycles. The molecule has 27 heavy (non-hydrogen) atoms. The van der Waals surface area contributed by atoms with Gasteiger partial charge in [-0.1, -0.05) is 12.0 Å². The summed E-state index contributed by atoms with van der Waals surface area (Å²) in [6, 6.07) is 0. The normalized spacial score (nSPS) is 32.0. The average Bonchev–Trinajstić information content (AvgIpc) is 2.97. The number of carboxylic acid groups (broad SMARTS) is 1. The van der Waals surface area contributed by atoms with Crippen LogP contribution in [-0.4, -0.2) is 38.9 Å². The number of carboxylic acids is 1.